The van der Waals surface area contributed by atoms with Crippen molar-refractivity contribution in [3.8, 4) is 6.07 Å². The summed E-state index contributed by atoms with van der Waals surface area (Å²) in [6.45, 7) is 1.40. The summed E-state index contributed by atoms with van der Waals surface area (Å²) < 4.78 is 36.3. The number of nitrogens with zero attached hydrogens (tertiary/aromatic N) is 2. The third kappa shape index (κ3) is 7.38. The molecule has 1 atom stereocenters. The summed E-state index contributed by atoms with van der Waals surface area (Å²) in [6, 6.07) is 2.73. The highest BCUT2D eigenvalue weighted by molar-refractivity contribution is 5.06. The summed E-state index contributed by atoms with van der Waals surface area (Å²) in [7, 11) is 1.47. The number of nitriles is 1. The van der Waals surface area contributed by atoms with Gasteiger partial charge in [-0.15, -0.1) is 0 Å². The van der Waals surface area contributed by atoms with E-state index in [-0.39, 0.29) is 0 Å². The van der Waals surface area contributed by atoms with E-state index in [9.17, 15) is 13.2 Å². The molecule has 1 unspecified atom stereocenters. The number of hydrogen-bond donors (Lipinski definition) is 1. The van der Waals surface area contributed by atoms with Crippen LogP contribution in [0, 0.1) is 11.3 Å². The molecule has 6 heteroatoms. The Morgan fingerprint density at radius 2 is 1.95 bits per heavy atom. The van der Waals surface area contributed by atoms with E-state index in [2.05, 4.69) is 11.4 Å². The second kappa shape index (κ2) is 6.58. The van der Waals surface area contributed by atoms with Gasteiger partial charge in [-0.3, -0.25) is 10.2 Å². The first kappa shape index (κ1) is 16.3. The quantitative estimate of drug-likeness (QED) is 0.693. The van der Waals surface area contributed by atoms with Crippen molar-refractivity contribution in [2.45, 2.75) is 56.8 Å². The van der Waals surface area contributed by atoms with E-state index >= 15 is 0 Å². The van der Waals surface area contributed by atoms with Crippen molar-refractivity contribution in [2.75, 3.05) is 20.1 Å². The molecule has 1 aliphatic rings. The van der Waals surface area contributed by atoms with Crippen LogP contribution in [-0.2, 0) is 0 Å². The highest BCUT2D eigenvalue weighted by atomic mass is 19.4. The van der Waals surface area contributed by atoms with Crippen LogP contribution in [0.15, 0.2) is 0 Å². The Balaban J connectivity index is 2.16. The maximum absolute atomic E-state index is 12.1. The van der Waals surface area contributed by atoms with Crippen LogP contribution < -0.4 is 5.32 Å². The molecule has 0 aromatic heterocycles. The van der Waals surface area contributed by atoms with Crippen LogP contribution in [0.25, 0.3) is 0 Å². The SMILES string of the molecule is CN(CCCCC(C)(C#N)NC1CC1)CC(F)(F)F. The molecule has 0 radical (unpaired) electrons. The van der Waals surface area contributed by atoms with Gasteiger partial charge in [0.15, 0.2) is 0 Å². The summed E-state index contributed by atoms with van der Waals surface area (Å²) in [6.07, 6.45) is 0.211. The van der Waals surface area contributed by atoms with Crippen molar-refractivity contribution >= 4 is 0 Å². The zero-order valence-corrected chi connectivity index (χ0v) is 11.6. The average molecular weight is 277 g/mol. The third-order valence-corrected chi connectivity index (χ3v) is 3.26. The molecule has 1 aliphatic carbocycles. The highest BCUT2D eigenvalue weighted by Crippen LogP contribution is 2.24. The number of rotatable bonds is 8. The lowest BCUT2D eigenvalue weighted by Gasteiger charge is -2.24. The third-order valence-electron chi connectivity index (χ3n) is 3.26. The number of halogens is 3. The molecule has 0 heterocycles. The van der Waals surface area contributed by atoms with E-state index in [0.717, 1.165) is 19.3 Å². The van der Waals surface area contributed by atoms with E-state index in [1.165, 1.54) is 11.9 Å². The van der Waals surface area contributed by atoms with E-state index in [1.807, 2.05) is 6.92 Å². The highest BCUT2D eigenvalue weighted by Gasteiger charge is 2.32. The van der Waals surface area contributed by atoms with Gasteiger partial charge < -0.3 is 0 Å². The normalized spacial score (nSPS) is 19.2. The van der Waals surface area contributed by atoms with Crippen molar-refractivity contribution in [1.29, 1.82) is 5.26 Å². The van der Waals surface area contributed by atoms with Crippen molar-refractivity contribution in [1.82, 2.24) is 10.2 Å². The number of alkyl halides is 3. The van der Waals surface area contributed by atoms with E-state index < -0.39 is 18.3 Å². The first-order valence-corrected chi connectivity index (χ1v) is 6.68. The maximum Gasteiger partial charge on any atom is 0.401 e. The zero-order chi connectivity index (χ0) is 14.5. The number of unbranched alkanes of at least 4 members (excludes halogenated alkanes) is 1. The molecular formula is C13H22F3N3. The van der Waals surface area contributed by atoms with Gasteiger partial charge in [-0.2, -0.15) is 18.4 Å². The predicted molar refractivity (Wildman–Crippen MR) is 67.6 cm³/mol. The molecular weight excluding hydrogens is 255 g/mol. The molecule has 1 N–H and O–H groups in total. The summed E-state index contributed by atoms with van der Waals surface area (Å²) in [5, 5.41) is 12.4. The van der Waals surface area contributed by atoms with Gasteiger partial charge in [-0.05, 0) is 52.6 Å². The van der Waals surface area contributed by atoms with Crippen LogP contribution in [0.5, 0.6) is 0 Å². The lowest BCUT2D eigenvalue weighted by molar-refractivity contribution is -0.143. The first-order valence-electron chi connectivity index (χ1n) is 6.68. The fraction of sp³-hybridized carbons (Fsp3) is 0.923. The van der Waals surface area contributed by atoms with Gasteiger partial charge in [-0.1, -0.05) is 0 Å². The largest absolute Gasteiger partial charge is 0.401 e. The summed E-state index contributed by atoms with van der Waals surface area (Å²) in [4.78, 5) is 1.28. The van der Waals surface area contributed by atoms with Crippen LogP contribution in [0.3, 0.4) is 0 Å². The second-order valence-corrected chi connectivity index (χ2v) is 5.67. The zero-order valence-electron chi connectivity index (χ0n) is 11.6. The molecule has 0 amide bonds. The summed E-state index contributed by atoms with van der Waals surface area (Å²) >= 11 is 0. The number of nitrogens with one attached hydrogen (secondary N) is 1. The van der Waals surface area contributed by atoms with E-state index in [0.29, 0.717) is 25.4 Å². The van der Waals surface area contributed by atoms with Crippen molar-refractivity contribution in [2.24, 2.45) is 0 Å². The van der Waals surface area contributed by atoms with Crippen LogP contribution >= 0.6 is 0 Å². The van der Waals surface area contributed by atoms with Crippen LogP contribution in [0.2, 0.25) is 0 Å². The Morgan fingerprint density at radius 3 is 2.42 bits per heavy atom. The van der Waals surface area contributed by atoms with Gasteiger partial charge >= 0.3 is 6.18 Å². The van der Waals surface area contributed by atoms with Gasteiger partial charge in [0, 0.05) is 6.04 Å². The Labute approximate surface area is 112 Å². The van der Waals surface area contributed by atoms with Gasteiger partial charge in [0.05, 0.1) is 12.6 Å². The first-order chi connectivity index (χ1) is 8.74. The Bertz CT molecular complexity index is 320. The predicted octanol–water partition coefficient (Wildman–Crippen LogP) is 2.69. The van der Waals surface area contributed by atoms with Gasteiger partial charge in [0.2, 0.25) is 0 Å². The van der Waals surface area contributed by atoms with Crippen molar-refractivity contribution < 1.29 is 13.2 Å². The smallest absolute Gasteiger partial charge is 0.298 e. The molecule has 0 aliphatic heterocycles. The standard InChI is InChI=1S/C13H22F3N3/c1-12(9-17,18-11-5-6-11)7-3-4-8-19(2)10-13(14,15)16/h11,18H,3-8,10H2,1-2H3. The lowest BCUT2D eigenvalue weighted by Crippen LogP contribution is -2.42. The van der Waals surface area contributed by atoms with Gasteiger partial charge in [-0.25, -0.2) is 0 Å². The van der Waals surface area contributed by atoms with Crippen LogP contribution in [-0.4, -0.2) is 42.8 Å². The lowest BCUT2D eigenvalue weighted by atomic mass is 9.96. The van der Waals surface area contributed by atoms with Crippen LogP contribution in [0.4, 0.5) is 13.2 Å². The summed E-state index contributed by atoms with van der Waals surface area (Å²) in [5.74, 6) is 0. The topological polar surface area (TPSA) is 39.1 Å². The Hall–Kier alpha value is -0.800. The minimum atomic E-state index is -4.14. The second-order valence-electron chi connectivity index (χ2n) is 5.67. The molecule has 0 aromatic carbocycles. The Kier molecular flexibility index (Phi) is 5.63. The molecule has 19 heavy (non-hydrogen) atoms. The molecule has 0 bridgehead atoms. The fourth-order valence-corrected chi connectivity index (χ4v) is 2.08. The number of hydrogen-bond acceptors (Lipinski definition) is 3. The minimum absolute atomic E-state index is 0.407. The van der Waals surface area contributed by atoms with Crippen molar-refractivity contribution in [3.05, 3.63) is 0 Å². The average Bonchev–Trinajstić information content (AvgIpc) is 3.06. The molecule has 110 valence electrons. The Morgan fingerprint density at radius 1 is 1.32 bits per heavy atom. The molecule has 3 nitrogen and oxygen atoms in total. The fourth-order valence-electron chi connectivity index (χ4n) is 2.08. The monoisotopic (exact) mass is 277 g/mol. The molecule has 1 fully saturated rings. The van der Waals surface area contributed by atoms with Crippen LogP contribution in [0.1, 0.15) is 39.0 Å². The van der Waals surface area contributed by atoms with Crippen molar-refractivity contribution in [3.63, 3.8) is 0 Å². The van der Waals surface area contributed by atoms with E-state index in [4.69, 9.17) is 5.26 Å². The van der Waals surface area contributed by atoms with Gasteiger partial charge in [0.1, 0.15) is 5.54 Å². The molecule has 1 saturated carbocycles. The minimum Gasteiger partial charge on any atom is -0.298 e. The molecule has 0 aromatic rings. The van der Waals surface area contributed by atoms with Gasteiger partial charge in [0.25, 0.3) is 0 Å². The maximum atomic E-state index is 12.1. The van der Waals surface area contributed by atoms with E-state index in [1.54, 1.807) is 0 Å². The molecule has 1 rings (SSSR count). The molecule has 0 saturated heterocycles. The molecule has 0 spiro atoms. The summed E-state index contributed by atoms with van der Waals surface area (Å²) in [5.41, 5.74) is -0.538.